The van der Waals surface area contributed by atoms with Crippen molar-refractivity contribution in [3.63, 3.8) is 0 Å². The monoisotopic (exact) mass is 264 g/mol. The predicted octanol–water partition coefficient (Wildman–Crippen LogP) is 2.14. The second-order valence-corrected chi connectivity index (χ2v) is 4.79. The van der Waals surface area contributed by atoms with Gasteiger partial charge in [0.2, 0.25) is 0 Å². The first kappa shape index (κ1) is 14.2. The number of hydrogen-bond acceptors (Lipinski definition) is 4. The first-order chi connectivity index (χ1) is 9.29. The molecule has 2 rings (SSSR count). The summed E-state index contributed by atoms with van der Waals surface area (Å²) >= 11 is 0. The van der Waals surface area contributed by atoms with Gasteiger partial charge in [-0.1, -0.05) is 0 Å². The molecule has 106 valence electrons. The van der Waals surface area contributed by atoms with Gasteiger partial charge in [0.25, 0.3) is 0 Å². The molecule has 0 atom stereocenters. The lowest BCUT2D eigenvalue weighted by Gasteiger charge is -2.26. The Labute approximate surface area is 115 Å². The molecule has 4 nitrogen and oxygen atoms in total. The summed E-state index contributed by atoms with van der Waals surface area (Å²) in [4.78, 5) is 2.43. The van der Waals surface area contributed by atoms with Crippen LogP contribution in [0.15, 0.2) is 18.2 Å². The van der Waals surface area contributed by atoms with Crippen molar-refractivity contribution in [2.45, 2.75) is 13.8 Å². The lowest BCUT2D eigenvalue weighted by atomic mass is 10.2. The molecule has 1 aromatic rings. The average Bonchev–Trinajstić information content (AvgIpc) is 2.43. The minimum Gasteiger partial charge on any atom is -0.494 e. The van der Waals surface area contributed by atoms with E-state index in [1.807, 2.05) is 13.0 Å². The van der Waals surface area contributed by atoms with Crippen LogP contribution in [0.2, 0.25) is 0 Å². The summed E-state index contributed by atoms with van der Waals surface area (Å²) in [6, 6.07) is 6.26. The minimum atomic E-state index is 0.713. The quantitative estimate of drug-likeness (QED) is 0.853. The zero-order chi connectivity index (χ0) is 13.5. The number of nitrogens with zero attached hydrogens (tertiary/aromatic N) is 1. The number of ether oxygens (including phenoxy) is 2. The van der Waals surface area contributed by atoms with Gasteiger partial charge < -0.3 is 14.8 Å². The van der Waals surface area contributed by atoms with Crippen LogP contribution in [0.4, 0.5) is 5.69 Å². The van der Waals surface area contributed by atoms with E-state index < -0.39 is 0 Å². The second kappa shape index (κ2) is 7.36. The Kier molecular flexibility index (Phi) is 5.48. The summed E-state index contributed by atoms with van der Waals surface area (Å²) in [5.41, 5.74) is 2.34. The van der Waals surface area contributed by atoms with Gasteiger partial charge in [0, 0.05) is 31.9 Å². The summed E-state index contributed by atoms with van der Waals surface area (Å²) < 4.78 is 10.9. The molecule has 1 N–H and O–H groups in total. The second-order valence-electron chi connectivity index (χ2n) is 4.79. The highest BCUT2D eigenvalue weighted by Gasteiger charge is 2.09. The molecule has 1 saturated heterocycles. The first-order valence-electron chi connectivity index (χ1n) is 7.07. The van der Waals surface area contributed by atoms with Gasteiger partial charge >= 0.3 is 0 Å². The molecule has 19 heavy (non-hydrogen) atoms. The molecule has 1 fully saturated rings. The van der Waals surface area contributed by atoms with Gasteiger partial charge in [-0.2, -0.15) is 0 Å². The van der Waals surface area contributed by atoms with Crippen LogP contribution in [0.5, 0.6) is 5.75 Å². The van der Waals surface area contributed by atoms with Crippen LogP contribution in [0.1, 0.15) is 12.5 Å². The van der Waals surface area contributed by atoms with Crippen molar-refractivity contribution >= 4 is 5.69 Å². The van der Waals surface area contributed by atoms with Gasteiger partial charge in [0.15, 0.2) is 0 Å². The molecule has 0 spiro atoms. The fourth-order valence-electron chi connectivity index (χ4n) is 2.26. The lowest BCUT2D eigenvalue weighted by Crippen LogP contribution is -2.39. The molecule has 0 bridgehead atoms. The van der Waals surface area contributed by atoms with Crippen molar-refractivity contribution in [1.82, 2.24) is 4.90 Å². The van der Waals surface area contributed by atoms with Gasteiger partial charge in [-0.05, 0) is 37.6 Å². The van der Waals surface area contributed by atoms with E-state index in [-0.39, 0.29) is 0 Å². The van der Waals surface area contributed by atoms with Crippen LogP contribution in [-0.2, 0) is 4.74 Å². The standard InChI is InChI=1S/C15H24N2O2/c1-3-19-15-5-4-14(12-13(15)2)16-6-7-17-8-10-18-11-9-17/h4-5,12,16H,3,6-11H2,1-2H3. The molecular weight excluding hydrogens is 240 g/mol. The number of anilines is 1. The summed E-state index contributed by atoms with van der Waals surface area (Å²) in [6.45, 7) is 10.7. The first-order valence-corrected chi connectivity index (χ1v) is 7.07. The maximum absolute atomic E-state index is 5.54. The molecular formula is C15H24N2O2. The molecule has 0 aliphatic carbocycles. The third kappa shape index (κ3) is 4.40. The Morgan fingerprint density at radius 1 is 1.32 bits per heavy atom. The van der Waals surface area contributed by atoms with E-state index in [9.17, 15) is 0 Å². The van der Waals surface area contributed by atoms with Crippen LogP contribution in [0.25, 0.3) is 0 Å². The number of hydrogen-bond donors (Lipinski definition) is 1. The maximum Gasteiger partial charge on any atom is 0.122 e. The van der Waals surface area contributed by atoms with Crippen LogP contribution in [0, 0.1) is 6.92 Å². The Bertz CT molecular complexity index is 390. The fourth-order valence-corrected chi connectivity index (χ4v) is 2.26. The zero-order valence-electron chi connectivity index (χ0n) is 11.9. The van der Waals surface area contributed by atoms with Crippen molar-refractivity contribution in [2.24, 2.45) is 0 Å². The predicted molar refractivity (Wildman–Crippen MR) is 78.1 cm³/mol. The molecule has 0 aromatic heterocycles. The smallest absolute Gasteiger partial charge is 0.122 e. The van der Waals surface area contributed by atoms with Gasteiger partial charge in [-0.15, -0.1) is 0 Å². The lowest BCUT2D eigenvalue weighted by molar-refractivity contribution is 0.0398. The molecule has 1 heterocycles. The number of benzene rings is 1. The number of rotatable bonds is 6. The number of morpholine rings is 1. The van der Waals surface area contributed by atoms with Crippen molar-refractivity contribution in [2.75, 3.05) is 51.3 Å². The number of nitrogens with one attached hydrogen (secondary N) is 1. The summed E-state index contributed by atoms with van der Waals surface area (Å²) in [5, 5.41) is 3.46. The highest BCUT2D eigenvalue weighted by Crippen LogP contribution is 2.21. The van der Waals surface area contributed by atoms with Crippen molar-refractivity contribution < 1.29 is 9.47 Å². The largest absolute Gasteiger partial charge is 0.494 e. The molecule has 0 radical (unpaired) electrons. The van der Waals surface area contributed by atoms with Crippen molar-refractivity contribution in [3.05, 3.63) is 23.8 Å². The SMILES string of the molecule is CCOc1ccc(NCCN2CCOCC2)cc1C. The average molecular weight is 264 g/mol. The van der Waals surface area contributed by atoms with E-state index in [2.05, 4.69) is 29.3 Å². The topological polar surface area (TPSA) is 33.7 Å². The Balaban J connectivity index is 1.77. The Morgan fingerprint density at radius 3 is 2.79 bits per heavy atom. The summed E-state index contributed by atoms with van der Waals surface area (Å²) in [6.07, 6.45) is 0. The Hall–Kier alpha value is -1.26. The third-order valence-electron chi connectivity index (χ3n) is 3.34. The van der Waals surface area contributed by atoms with Gasteiger partial charge in [0.05, 0.1) is 19.8 Å². The summed E-state index contributed by atoms with van der Waals surface area (Å²) in [7, 11) is 0. The molecule has 1 aliphatic rings. The molecule has 1 aliphatic heterocycles. The molecule has 1 aromatic carbocycles. The van der Waals surface area contributed by atoms with Crippen LogP contribution in [0.3, 0.4) is 0 Å². The molecule has 0 saturated carbocycles. The minimum absolute atomic E-state index is 0.713. The van der Waals surface area contributed by atoms with E-state index in [0.717, 1.165) is 50.8 Å². The fraction of sp³-hybridized carbons (Fsp3) is 0.600. The van der Waals surface area contributed by atoms with Crippen molar-refractivity contribution in [1.29, 1.82) is 0 Å². The van der Waals surface area contributed by atoms with Gasteiger partial charge in [-0.25, -0.2) is 0 Å². The van der Waals surface area contributed by atoms with E-state index >= 15 is 0 Å². The Morgan fingerprint density at radius 2 is 2.11 bits per heavy atom. The molecule has 0 unspecified atom stereocenters. The highest BCUT2D eigenvalue weighted by molar-refractivity contribution is 5.50. The third-order valence-corrected chi connectivity index (χ3v) is 3.34. The maximum atomic E-state index is 5.54. The van der Waals surface area contributed by atoms with Crippen LogP contribution >= 0.6 is 0 Å². The highest BCUT2D eigenvalue weighted by atomic mass is 16.5. The van der Waals surface area contributed by atoms with E-state index in [1.165, 1.54) is 5.56 Å². The summed E-state index contributed by atoms with van der Waals surface area (Å²) in [5.74, 6) is 0.973. The normalized spacial score (nSPS) is 16.3. The van der Waals surface area contributed by atoms with E-state index in [4.69, 9.17) is 9.47 Å². The molecule has 0 amide bonds. The van der Waals surface area contributed by atoms with Gasteiger partial charge in [0.1, 0.15) is 5.75 Å². The number of aryl methyl sites for hydroxylation is 1. The van der Waals surface area contributed by atoms with Gasteiger partial charge in [-0.3, -0.25) is 4.90 Å². The van der Waals surface area contributed by atoms with Crippen LogP contribution in [-0.4, -0.2) is 50.9 Å². The molecule has 4 heteroatoms. The van der Waals surface area contributed by atoms with E-state index in [0.29, 0.717) is 6.61 Å². The van der Waals surface area contributed by atoms with E-state index in [1.54, 1.807) is 0 Å². The van der Waals surface area contributed by atoms with Crippen LogP contribution < -0.4 is 10.1 Å². The van der Waals surface area contributed by atoms with Crippen molar-refractivity contribution in [3.8, 4) is 5.75 Å². The zero-order valence-corrected chi connectivity index (χ0v) is 11.9.